The molecule has 0 fully saturated rings. The van der Waals surface area contributed by atoms with Crippen LogP contribution in [0.3, 0.4) is 0 Å². The van der Waals surface area contributed by atoms with Crippen LogP contribution in [0.1, 0.15) is 86.0 Å². The summed E-state index contributed by atoms with van der Waals surface area (Å²) >= 11 is 0. The van der Waals surface area contributed by atoms with Crippen LogP contribution < -0.4 is 0 Å². The lowest BCUT2D eigenvalue weighted by atomic mass is 9.76. The van der Waals surface area contributed by atoms with Crippen LogP contribution in [0.5, 0.6) is 0 Å². The van der Waals surface area contributed by atoms with E-state index in [1.54, 1.807) is 0 Å². The van der Waals surface area contributed by atoms with E-state index in [0.717, 1.165) is 23.7 Å². The van der Waals surface area contributed by atoms with E-state index in [9.17, 15) is 0 Å². The highest BCUT2D eigenvalue weighted by molar-refractivity contribution is 5.21. The number of hydrogen-bond donors (Lipinski definition) is 0. The molecule has 0 aromatic heterocycles. The Hall–Kier alpha value is -0.780. The highest BCUT2D eigenvalue weighted by Gasteiger charge is 2.22. The van der Waals surface area contributed by atoms with Crippen molar-refractivity contribution in [1.29, 1.82) is 0 Å². The lowest BCUT2D eigenvalue weighted by molar-refractivity contribution is 0.278. The fraction of sp³-hybridized carbons (Fsp3) is 0.739. The summed E-state index contributed by atoms with van der Waals surface area (Å²) in [5.74, 6) is 3.27. The van der Waals surface area contributed by atoms with Crippen molar-refractivity contribution in [3.8, 4) is 0 Å². The maximum atomic E-state index is 2.50. The molecule has 1 aliphatic carbocycles. The third kappa shape index (κ3) is 8.04. The Labute approximate surface area is 146 Å². The average Bonchev–Trinajstić information content (AvgIpc) is 2.53. The Balaban J connectivity index is 2.63. The van der Waals surface area contributed by atoms with Gasteiger partial charge in [-0.25, -0.2) is 0 Å². The molecule has 0 aromatic carbocycles. The van der Waals surface area contributed by atoms with Gasteiger partial charge < -0.3 is 0 Å². The first kappa shape index (κ1) is 20.3. The van der Waals surface area contributed by atoms with Crippen molar-refractivity contribution < 1.29 is 0 Å². The van der Waals surface area contributed by atoms with Crippen molar-refractivity contribution in [2.24, 2.45) is 23.7 Å². The van der Waals surface area contributed by atoms with Gasteiger partial charge in [-0.05, 0) is 56.8 Å². The monoisotopic (exact) mass is 316 g/mol. The van der Waals surface area contributed by atoms with Crippen molar-refractivity contribution in [3.63, 3.8) is 0 Å². The fourth-order valence-electron chi connectivity index (χ4n) is 4.05. The average molecular weight is 317 g/mol. The Kier molecular flexibility index (Phi) is 10.3. The van der Waals surface area contributed by atoms with Gasteiger partial charge in [-0.3, -0.25) is 0 Å². The van der Waals surface area contributed by atoms with Gasteiger partial charge in [0.1, 0.15) is 0 Å². The van der Waals surface area contributed by atoms with Crippen LogP contribution in [0, 0.1) is 23.7 Å². The predicted molar refractivity (Wildman–Crippen MR) is 106 cm³/mol. The minimum atomic E-state index is 0.743. The van der Waals surface area contributed by atoms with Crippen molar-refractivity contribution in [2.75, 3.05) is 0 Å². The molecule has 0 nitrogen and oxygen atoms in total. The van der Waals surface area contributed by atoms with Gasteiger partial charge in [-0.1, -0.05) is 88.8 Å². The van der Waals surface area contributed by atoms with E-state index >= 15 is 0 Å². The summed E-state index contributed by atoms with van der Waals surface area (Å²) in [6.07, 6.45) is 22.8. The molecule has 0 bridgehead atoms. The standard InChI is InChI=1S/C23H40/c1-6-9-19(4)14-17-22(10-7-2)23(11-8-3)18-21-15-12-20(5)13-16-21/h8,11-13,15,19,21-23H,6-7,9-10,14,16-18H2,1-5H3/b11-8+/t19-,21?,22?,23?/m0/s1. The smallest absolute Gasteiger partial charge is 0.0190 e. The largest absolute Gasteiger partial charge is 0.0914 e. The molecule has 0 spiro atoms. The van der Waals surface area contributed by atoms with Crippen LogP contribution in [0.25, 0.3) is 0 Å². The first-order valence-corrected chi connectivity index (χ1v) is 10.1. The molecule has 0 aromatic rings. The summed E-state index contributed by atoms with van der Waals surface area (Å²) in [7, 11) is 0. The maximum Gasteiger partial charge on any atom is -0.0190 e. The molecule has 0 saturated heterocycles. The lowest BCUT2D eigenvalue weighted by Gasteiger charge is -2.29. The molecule has 0 amide bonds. The van der Waals surface area contributed by atoms with E-state index < -0.39 is 0 Å². The van der Waals surface area contributed by atoms with Gasteiger partial charge in [-0.15, -0.1) is 0 Å². The predicted octanol–water partition coefficient (Wildman–Crippen LogP) is 7.72. The fourth-order valence-corrected chi connectivity index (χ4v) is 4.05. The zero-order valence-electron chi connectivity index (χ0n) is 16.4. The third-order valence-corrected chi connectivity index (χ3v) is 5.47. The van der Waals surface area contributed by atoms with Crippen LogP contribution in [0.2, 0.25) is 0 Å². The molecule has 0 heteroatoms. The molecule has 0 radical (unpaired) electrons. The molecule has 0 aliphatic heterocycles. The SMILES string of the molecule is C/C=C/C(CC1C=CC(C)=CC1)C(CCC)CC[C@@H](C)CCC. The van der Waals surface area contributed by atoms with E-state index in [4.69, 9.17) is 0 Å². The summed E-state index contributed by atoms with van der Waals surface area (Å²) < 4.78 is 0. The molecule has 4 atom stereocenters. The molecular weight excluding hydrogens is 276 g/mol. The molecule has 3 unspecified atom stereocenters. The number of rotatable bonds is 11. The second kappa shape index (κ2) is 11.7. The van der Waals surface area contributed by atoms with E-state index in [-0.39, 0.29) is 0 Å². The van der Waals surface area contributed by atoms with Crippen LogP contribution >= 0.6 is 0 Å². The molecule has 1 rings (SSSR count). The Morgan fingerprint density at radius 1 is 1.13 bits per heavy atom. The third-order valence-electron chi connectivity index (χ3n) is 5.47. The number of allylic oxidation sites excluding steroid dienone is 6. The van der Waals surface area contributed by atoms with Crippen LogP contribution in [-0.2, 0) is 0 Å². The van der Waals surface area contributed by atoms with Crippen molar-refractivity contribution >= 4 is 0 Å². The first-order chi connectivity index (χ1) is 11.1. The zero-order valence-corrected chi connectivity index (χ0v) is 16.4. The number of hydrogen-bond acceptors (Lipinski definition) is 0. The molecular formula is C23H40. The molecule has 0 saturated carbocycles. The van der Waals surface area contributed by atoms with E-state index in [1.165, 1.54) is 56.9 Å². The van der Waals surface area contributed by atoms with Crippen LogP contribution in [-0.4, -0.2) is 0 Å². The van der Waals surface area contributed by atoms with Crippen LogP contribution in [0.4, 0.5) is 0 Å². The second-order valence-corrected chi connectivity index (χ2v) is 7.75. The van der Waals surface area contributed by atoms with Gasteiger partial charge in [0.2, 0.25) is 0 Å². The summed E-state index contributed by atoms with van der Waals surface area (Å²) in [5, 5.41) is 0. The van der Waals surface area contributed by atoms with E-state index in [0.29, 0.717) is 0 Å². The van der Waals surface area contributed by atoms with Crippen molar-refractivity contribution in [2.45, 2.75) is 86.0 Å². The zero-order chi connectivity index (χ0) is 17.1. The highest BCUT2D eigenvalue weighted by atomic mass is 14.3. The van der Waals surface area contributed by atoms with Gasteiger partial charge in [0.15, 0.2) is 0 Å². The topological polar surface area (TPSA) is 0 Å². The Bertz CT molecular complexity index is 385. The molecule has 1 aliphatic rings. The summed E-state index contributed by atoms with van der Waals surface area (Å²) in [4.78, 5) is 0. The summed E-state index contributed by atoms with van der Waals surface area (Å²) in [6, 6.07) is 0. The van der Waals surface area contributed by atoms with Gasteiger partial charge in [0.25, 0.3) is 0 Å². The Morgan fingerprint density at radius 2 is 1.87 bits per heavy atom. The Morgan fingerprint density at radius 3 is 2.43 bits per heavy atom. The van der Waals surface area contributed by atoms with Crippen molar-refractivity contribution in [1.82, 2.24) is 0 Å². The minimum Gasteiger partial charge on any atom is -0.0914 e. The van der Waals surface area contributed by atoms with E-state index in [1.807, 2.05) is 0 Å². The normalized spacial score (nSPS) is 22.1. The van der Waals surface area contributed by atoms with E-state index in [2.05, 4.69) is 65.0 Å². The molecule has 132 valence electrons. The maximum absolute atomic E-state index is 2.50. The minimum absolute atomic E-state index is 0.743. The summed E-state index contributed by atoms with van der Waals surface area (Å²) in [6.45, 7) is 11.5. The first-order valence-electron chi connectivity index (χ1n) is 10.1. The molecule has 23 heavy (non-hydrogen) atoms. The second-order valence-electron chi connectivity index (χ2n) is 7.75. The van der Waals surface area contributed by atoms with Gasteiger partial charge in [-0.2, -0.15) is 0 Å². The van der Waals surface area contributed by atoms with Gasteiger partial charge >= 0.3 is 0 Å². The lowest BCUT2D eigenvalue weighted by Crippen LogP contribution is -2.18. The quantitative estimate of drug-likeness (QED) is 0.342. The van der Waals surface area contributed by atoms with Gasteiger partial charge in [0.05, 0.1) is 0 Å². The molecule has 0 N–H and O–H groups in total. The van der Waals surface area contributed by atoms with Crippen molar-refractivity contribution in [3.05, 3.63) is 36.0 Å². The van der Waals surface area contributed by atoms with Crippen LogP contribution in [0.15, 0.2) is 36.0 Å². The molecule has 0 heterocycles. The van der Waals surface area contributed by atoms with Gasteiger partial charge in [0, 0.05) is 0 Å². The summed E-state index contributed by atoms with van der Waals surface area (Å²) in [5.41, 5.74) is 1.43. The highest BCUT2D eigenvalue weighted by Crippen LogP contribution is 2.34.